The van der Waals surface area contributed by atoms with Crippen LogP contribution in [0.15, 0.2) is 35.2 Å². The number of carbonyl (C=O) groups is 1. The molecule has 1 aromatic carbocycles. The predicted molar refractivity (Wildman–Crippen MR) is 93.4 cm³/mol. The first-order valence-corrected chi connectivity index (χ1v) is 9.74. The molecule has 3 aliphatic heterocycles. The van der Waals surface area contributed by atoms with E-state index in [1.807, 2.05) is 25.1 Å². The van der Waals surface area contributed by atoms with E-state index < -0.39 is 11.2 Å². The van der Waals surface area contributed by atoms with E-state index in [1.165, 1.54) is 12.0 Å². The summed E-state index contributed by atoms with van der Waals surface area (Å²) in [5, 5.41) is 0. The summed E-state index contributed by atoms with van der Waals surface area (Å²) in [6, 6.07) is 10.3. The van der Waals surface area contributed by atoms with E-state index in [1.54, 1.807) is 11.8 Å². The number of benzene rings is 1. The Morgan fingerprint density at radius 2 is 2.00 bits per heavy atom. The summed E-state index contributed by atoms with van der Waals surface area (Å²) >= 11 is 1.78. The molecule has 0 aliphatic carbocycles. The number of carbonyl (C=O) groups excluding carboxylic acids is 1. The number of esters is 1. The van der Waals surface area contributed by atoms with Gasteiger partial charge in [0.15, 0.2) is 5.79 Å². The van der Waals surface area contributed by atoms with E-state index in [-0.39, 0.29) is 17.7 Å². The Kier molecular flexibility index (Phi) is 4.35. The smallest absolute Gasteiger partial charge is 0.319 e. The second-order valence-corrected chi connectivity index (χ2v) is 8.30. The highest BCUT2D eigenvalue weighted by atomic mass is 32.2. The molecule has 0 aromatic heterocycles. The molecule has 3 saturated heterocycles. The van der Waals surface area contributed by atoms with Crippen molar-refractivity contribution in [2.45, 2.75) is 48.6 Å². The maximum atomic E-state index is 12.7. The number of thioether (sulfide) groups is 1. The van der Waals surface area contributed by atoms with Crippen LogP contribution in [0.4, 0.5) is 0 Å². The number of hydrogen-bond donors (Lipinski definition) is 0. The van der Waals surface area contributed by atoms with E-state index in [0.29, 0.717) is 19.6 Å². The van der Waals surface area contributed by atoms with Crippen molar-refractivity contribution >= 4 is 17.7 Å². The molecule has 3 heterocycles. The minimum atomic E-state index is -0.948. The fourth-order valence-corrected chi connectivity index (χ4v) is 5.54. The van der Waals surface area contributed by atoms with Gasteiger partial charge in [0.25, 0.3) is 0 Å². The maximum Gasteiger partial charge on any atom is 0.319 e. The topological polar surface area (TPSA) is 54.0 Å². The van der Waals surface area contributed by atoms with Crippen LogP contribution in [0.3, 0.4) is 0 Å². The van der Waals surface area contributed by atoms with Gasteiger partial charge in [-0.2, -0.15) is 0 Å². The third-order valence-corrected chi connectivity index (χ3v) is 7.13. The molecule has 3 aliphatic rings. The summed E-state index contributed by atoms with van der Waals surface area (Å²) in [6.07, 6.45) is 2.03. The lowest BCUT2D eigenvalue weighted by Gasteiger charge is -2.52. The summed E-state index contributed by atoms with van der Waals surface area (Å²) in [4.78, 5) is 13.9. The Labute approximate surface area is 152 Å². The first kappa shape index (κ1) is 17.3. The van der Waals surface area contributed by atoms with Crippen molar-refractivity contribution in [1.29, 1.82) is 0 Å². The van der Waals surface area contributed by atoms with Crippen LogP contribution in [0.1, 0.15) is 26.2 Å². The van der Waals surface area contributed by atoms with E-state index in [2.05, 4.69) is 12.1 Å². The van der Waals surface area contributed by atoms with Crippen LogP contribution >= 0.6 is 11.8 Å². The van der Waals surface area contributed by atoms with E-state index in [9.17, 15) is 4.79 Å². The highest BCUT2D eigenvalue weighted by Crippen LogP contribution is 2.59. The van der Waals surface area contributed by atoms with Crippen molar-refractivity contribution in [3.05, 3.63) is 30.3 Å². The highest BCUT2D eigenvalue weighted by Gasteiger charge is 2.71. The van der Waals surface area contributed by atoms with Gasteiger partial charge in [-0.15, -0.1) is 11.8 Å². The molecule has 3 fully saturated rings. The first-order valence-electron chi connectivity index (χ1n) is 8.76. The van der Waals surface area contributed by atoms with Crippen molar-refractivity contribution in [1.82, 2.24) is 0 Å². The third kappa shape index (κ3) is 2.62. The highest BCUT2D eigenvalue weighted by molar-refractivity contribution is 7.99. The molecule has 4 rings (SSSR count). The number of rotatable bonds is 4. The van der Waals surface area contributed by atoms with Crippen LogP contribution in [0.5, 0.6) is 0 Å². The Hall–Kier alpha value is -1.08. The lowest BCUT2D eigenvalue weighted by molar-refractivity contribution is -0.313. The van der Waals surface area contributed by atoms with Gasteiger partial charge in [-0.1, -0.05) is 18.2 Å². The van der Waals surface area contributed by atoms with Gasteiger partial charge in [0.1, 0.15) is 5.41 Å². The molecule has 1 spiro atoms. The molecule has 0 N–H and O–H groups in total. The maximum absolute atomic E-state index is 12.7. The molecular formula is C19H24O5S. The van der Waals surface area contributed by atoms with E-state index in [0.717, 1.165) is 18.6 Å². The van der Waals surface area contributed by atoms with Gasteiger partial charge in [0.2, 0.25) is 0 Å². The molecule has 3 atom stereocenters. The van der Waals surface area contributed by atoms with Gasteiger partial charge in [0, 0.05) is 17.1 Å². The third-order valence-electron chi connectivity index (χ3n) is 5.85. The van der Waals surface area contributed by atoms with Crippen LogP contribution in [0.25, 0.3) is 0 Å². The first-order chi connectivity index (χ1) is 12.0. The molecule has 0 unspecified atom stereocenters. The zero-order valence-corrected chi connectivity index (χ0v) is 15.5. The van der Waals surface area contributed by atoms with Crippen LogP contribution in [0.2, 0.25) is 0 Å². The largest absolute Gasteiger partial charge is 0.468 e. The second kappa shape index (κ2) is 6.27. The normalized spacial score (nSPS) is 35.8. The molecule has 0 amide bonds. The SMILES string of the molecule is COC(=O)[C@@]1(C)[C@H]2CC[C@@](CSc3ccccc3)(CC13OCCO3)O2. The fourth-order valence-electron chi connectivity index (χ4n) is 4.45. The number of fused-ring (bicyclic) bond motifs is 2. The molecule has 136 valence electrons. The van der Waals surface area contributed by atoms with Crippen LogP contribution < -0.4 is 0 Å². The fraction of sp³-hybridized carbons (Fsp3) is 0.632. The Morgan fingerprint density at radius 3 is 2.68 bits per heavy atom. The van der Waals surface area contributed by atoms with Crippen molar-refractivity contribution < 1.29 is 23.7 Å². The summed E-state index contributed by atoms with van der Waals surface area (Å²) < 4.78 is 23.7. The van der Waals surface area contributed by atoms with Gasteiger partial charge in [-0.05, 0) is 31.9 Å². The van der Waals surface area contributed by atoms with E-state index in [4.69, 9.17) is 18.9 Å². The zero-order valence-electron chi connectivity index (χ0n) is 14.7. The van der Waals surface area contributed by atoms with Crippen molar-refractivity contribution in [2.75, 3.05) is 26.1 Å². The van der Waals surface area contributed by atoms with Crippen molar-refractivity contribution in [3.63, 3.8) is 0 Å². The Morgan fingerprint density at radius 1 is 1.28 bits per heavy atom. The lowest BCUT2D eigenvalue weighted by Crippen LogP contribution is -2.65. The zero-order chi connectivity index (χ0) is 17.5. The van der Waals surface area contributed by atoms with Crippen molar-refractivity contribution in [2.24, 2.45) is 5.41 Å². The average molecular weight is 364 g/mol. The van der Waals surface area contributed by atoms with Gasteiger partial charge >= 0.3 is 5.97 Å². The van der Waals surface area contributed by atoms with E-state index >= 15 is 0 Å². The number of methoxy groups -OCH3 is 1. The quantitative estimate of drug-likeness (QED) is 0.605. The molecule has 6 heteroatoms. The average Bonchev–Trinajstić information content (AvgIpc) is 3.26. The predicted octanol–water partition coefficient (Wildman–Crippen LogP) is 3.02. The van der Waals surface area contributed by atoms with Crippen molar-refractivity contribution in [3.8, 4) is 0 Å². The minimum Gasteiger partial charge on any atom is -0.468 e. The molecule has 1 aromatic rings. The molecule has 0 radical (unpaired) electrons. The minimum absolute atomic E-state index is 0.247. The summed E-state index contributed by atoms with van der Waals surface area (Å²) in [5.74, 6) is -0.443. The number of hydrogen-bond acceptors (Lipinski definition) is 6. The summed E-state index contributed by atoms with van der Waals surface area (Å²) in [5.41, 5.74) is -1.27. The molecule has 2 bridgehead atoms. The molecule has 0 saturated carbocycles. The second-order valence-electron chi connectivity index (χ2n) is 7.25. The van der Waals surface area contributed by atoms with Gasteiger partial charge in [-0.25, -0.2) is 0 Å². The Bertz CT molecular complexity index is 644. The van der Waals surface area contributed by atoms with Gasteiger partial charge in [-0.3, -0.25) is 4.79 Å². The standard InChI is InChI=1S/C19H24O5S/c1-17(16(20)21-2)15-8-9-18(24-15,12-19(17)22-10-11-23-19)13-25-14-6-4-3-5-7-14/h3-7,15H,8-13H2,1-2H3/t15-,17-,18+/m1/s1. The van der Waals surface area contributed by atoms with Crippen LogP contribution in [-0.4, -0.2) is 49.5 Å². The monoisotopic (exact) mass is 364 g/mol. The molecular weight excluding hydrogens is 340 g/mol. The Balaban J connectivity index is 1.61. The van der Waals surface area contributed by atoms with Crippen LogP contribution in [0, 0.1) is 5.41 Å². The molecule has 25 heavy (non-hydrogen) atoms. The van der Waals surface area contributed by atoms with Gasteiger partial charge in [0.05, 0.1) is 32.0 Å². The van der Waals surface area contributed by atoms with Crippen LogP contribution in [-0.2, 0) is 23.7 Å². The molecule has 5 nitrogen and oxygen atoms in total. The lowest BCUT2D eigenvalue weighted by atomic mass is 9.71. The van der Waals surface area contributed by atoms with Gasteiger partial charge < -0.3 is 18.9 Å². The summed E-state index contributed by atoms with van der Waals surface area (Å²) in [6.45, 7) is 2.87. The number of ether oxygens (including phenoxy) is 4. The summed E-state index contributed by atoms with van der Waals surface area (Å²) in [7, 11) is 1.41.